The lowest BCUT2D eigenvalue weighted by Crippen LogP contribution is -2.10. The maximum atomic E-state index is 12.6. The van der Waals surface area contributed by atoms with Crippen LogP contribution in [0.5, 0.6) is 0 Å². The first kappa shape index (κ1) is 10.1. The smallest absolute Gasteiger partial charge is 0.398 e. The van der Waals surface area contributed by atoms with Crippen molar-refractivity contribution in [1.29, 1.82) is 0 Å². The molecule has 0 saturated carbocycles. The summed E-state index contributed by atoms with van der Waals surface area (Å²) in [6, 6.07) is 1.61. The first-order valence-electron chi connectivity index (χ1n) is 3.14. The Balaban J connectivity index is 3.43. The van der Waals surface area contributed by atoms with E-state index in [9.17, 15) is 17.6 Å². The molecule has 0 bridgehead atoms. The fourth-order valence-electron chi connectivity index (χ4n) is 0.854. The van der Waals surface area contributed by atoms with Gasteiger partial charge in [0.2, 0.25) is 0 Å². The molecule has 1 aromatic carbocycles. The summed E-state index contributed by atoms with van der Waals surface area (Å²) in [7, 11) is 0. The largest absolute Gasteiger partial charge is 0.419 e. The van der Waals surface area contributed by atoms with Gasteiger partial charge in [-0.3, -0.25) is 0 Å². The van der Waals surface area contributed by atoms with Gasteiger partial charge in [-0.2, -0.15) is 13.2 Å². The van der Waals surface area contributed by atoms with E-state index in [1.165, 1.54) is 0 Å². The van der Waals surface area contributed by atoms with Crippen molar-refractivity contribution >= 4 is 17.3 Å². The molecule has 0 atom stereocenters. The highest BCUT2D eigenvalue weighted by Gasteiger charge is 2.36. The van der Waals surface area contributed by atoms with Crippen LogP contribution < -0.4 is 5.73 Å². The normalized spacial score (nSPS) is 11.8. The van der Waals surface area contributed by atoms with E-state index >= 15 is 0 Å². The number of anilines is 1. The van der Waals surface area contributed by atoms with Crippen molar-refractivity contribution in [3.63, 3.8) is 0 Å². The predicted molar refractivity (Wildman–Crippen MR) is 40.8 cm³/mol. The van der Waals surface area contributed by atoms with Crippen molar-refractivity contribution in [3.8, 4) is 0 Å². The minimum atomic E-state index is -4.73. The van der Waals surface area contributed by atoms with Crippen LogP contribution in [0.15, 0.2) is 12.1 Å². The van der Waals surface area contributed by atoms with E-state index in [-0.39, 0.29) is 0 Å². The second-order valence-corrected chi connectivity index (χ2v) is 2.70. The van der Waals surface area contributed by atoms with Crippen LogP contribution in [0.4, 0.5) is 23.2 Å². The van der Waals surface area contributed by atoms with Crippen molar-refractivity contribution < 1.29 is 17.6 Å². The summed E-state index contributed by atoms with van der Waals surface area (Å²) in [4.78, 5) is 0. The molecule has 1 nitrogen and oxygen atoms in total. The van der Waals surface area contributed by atoms with Crippen molar-refractivity contribution in [2.75, 3.05) is 5.73 Å². The van der Waals surface area contributed by atoms with Crippen molar-refractivity contribution in [2.24, 2.45) is 0 Å². The monoisotopic (exact) mass is 213 g/mol. The molecule has 0 aliphatic rings. The number of rotatable bonds is 0. The molecule has 6 heteroatoms. The molecular weight excluding hydrogens is 210 g/mol. The molecule has 1 aromatic rings. The maximum Gasteiger partial charge on any atom is 0.419 e. The first-order valence-corrected chi connectivity index (χ1v) is 3.52. The van der Waals surface area contributed by atoms with Crippen LogP contribution in [-0.4, -0.2) is 0 Å². The van der Waals surface area contributed by atoms with Gasteiger partial charge < -0.3 is 5.73 Å². The molecule has 1 rings (SSSR count). The molecule has 0 spiro atoms. The molecule has 72 valence electrons. The number of benzene rings is 1. The molecule has 0 heterocycles. The summed E-state index contributed by atoms with van der Waals surface area (Å²) in [5.41, 5.74) is 3.10. The molecule has 0 unspecified atom stereocenters. The average Bonchev–Trinajstić information content (AvgIpc) is 1.95. The van der Waals surface area contributed by atoms with Crippen LogP contribution in [0.1, 0.15) is 5.56 Å². The van der Waals surface area contributed by atoms with Gasteiger partial charge in [0.15, 0.2) is 0 Å². The Labute approximate surface area is 76.1 Å². The third-order valence-corrected chi connectivity index (χ3v) is 1.78. The highest BCUT2D eigenvalue weighted by Crippen LogP contribution is 2.39. The lowest BCUT2D eigenvalue weighted by molar-refractivity contribution is -0.137. The summed E-state index contributed by atoms with van der Waals surface area (Å²) in [5.74, 6) is -1.14. The molecule has 0 radical (unpaired) electrons. The SMILES string of the molecule is Nc1ccc(F)c(Cl)c1C(F)(F)F. The molecule has 2 N–H and O–H groups in total. The lowest BCUT2D eigenvalue weighted by Gasteiger charge is -2.11. The number of alkyl halides is 3. The number of nitrogen functional groups attached to an aromatic ring is 1. The fraction of sp³-hybridized carbons (Fsp3) is 0.143. The quantitative estimate of drug-likeness (QED) is 0.520. The molecule has 0 aromatic heterocycles. The molecular formula is C7H4ClF4N. The van der Waals surface area contributed by atoms with E-state index < -0.39 is 28.3 Å². The second-order valence-electron chi connectivity index (χ2n) is 2.32. The van der Waals surface area contributed by atoms with Crippen LogP contribution in [0, 0.1) is 5.82 Å². The standard InChI is InChI=1S/C7H4ClF4N/c8-6-3(9)1-2-4(13)5(6)7(10,11)12/h1-2H,13H2. The van der Waals surface area contributed by atoms with E-state index in [1.807, 2.05) is 0 Å². The van der Waals surface area contributed by atoms with E-state index in [0.717, 1.165) is 12.1 Å². The van der Waals surface area contributed by atoms with Gasteiger partial charge in [0.05, 0.1) is 10.6 Å². The van der Waals surface area contributed by atoms with Crippen LogP contribution in [0.25, 0.3) is 0 Å². The Morgan fingerprint density at radius 2 is 1.77 bits per heavy atom. The van der Waals surface area contributed by atoms with Gasteiger partial charge in [-0.15, -0.1) is 0 Å². The second kappa shape index (κ2) is 3.06. The molecule has 0 aliphatic carbocycles. The summed E-state index contributed by atoms with van der Waals surface area (Å²) < 4.78 is 49.1. The van der Waals surface area contributed by atoms with Crippen molar-refractivity contribution in [1.82, 2.24) is 0 Å². The third kappa shape index (κ3) is 1.85. The molecule has 0 fully saturated rings. The van der Waals surface area contributed by atoms with Crippen molar-refractivity contribution in [2.45, 2.75) is 6.18 Å². The Hall–Kier alpha value is -0.970. The highest BCUT2D eigenvalue weighted by atomic mass is 35.5. The van der Waals surface area contributed by atoms with E-state index in [0.29, 0.717) is 0 Å². The van der Waals surface area contributed by atoms with Gasteiger partial charge in [0.25, 0.3) is 0 Å². The number of hydrogen-bond acceptors (Lipinski definition) is 1. The number of hydrogen-bond donors (Lipinski definition) is 1. The average molecular weight is 214 g/mol. The van der Waals surface area contributed by atoms with Crippen molar-refractivity contribution in [3.05, 3.63) is 28.5 Å². The Morgan fingerprint density at radius 3 is 2.15 bits per heavy atom. The summed E-state index contributed by atoms with van der Waals surface area (Å²) in [6.07, 6.45) is -4.73. The Bertz CT molecular complexity index is 334. The van der Waals surface area contributed by atoms with Gasteiger partial charge in [-0.25, -0.2) is 4.39 Å². The lowest BCUT2D eigenvalue weighted by atomic mass is 10.1. The first-order chi connectivity index (χ1) is 5.84. The van der Waals surface area contributed by atoms with Gasteiger partial charge in [0, 0.05) is 5.69 Å². The Morgan fingerprint density at radius 1 is 1.23 bits per heavy atom. The third-order valence-electron chi connectivity index (χ3n) is 1.41. The fourth-order valence-corrected chi connectivity index (χ4v) is 1.13. The summed E-state index contributed by atoms with van der Waals surface area (Å²) >= 11 is 5.11. The van der Waals surface area contributed by atoms with E-state index in [4.69, 9.17) is 17.3 Å². The van der Waals surface area contributed by atoms with Gasteiger partial charge >= 0.3 is 6.18 Å². The van der Waals surface area contributed by atoms with Crippen LogP contribution in [-0.2, 0) is 6.18 Å². The van der Waals surface area contributed by atoms with Gasteiger partial charge in [-0.1, -0.05) is 11.6 Å². The topological polar surface area (TPSA) is 26.0 Å². The van der Waals surface area contributed by atoms with E-state index in [2.05, 4.69) is 0 Å². The van der Waals surface area contributed by atoms with Gasteiger partial charge in [0.1, 0.15) is 5.82 Å². The molecule has 13 heavy (non-hydrogen) atoms. The minimum Gasteiger partial charge on any atom is -0.398 e. The zero-order chi connectivity index (χ0) is 10.2. The Kier molecular flexibility index (Phi) is 2.38. The molecule has 0 saturated heterocycles. The van der Waals surface area contributed by atoms with Crippen LogP contribution in [0.2, 0.25) is 5.02 Å². The molecule has 0 amide bonds. The van der Waals surface area contributed by atoms with E-state index in [1.54, 1.807) is 0 Å². The molecule has 0 aliphatic heterocycles. The minimum absolute atomic E-state index is 0.584. The van der Waals surface area contributed by atoms with Crippen LogP contribution in [0.3, 0.4) is 0 Å². The highest BCUT2D eigenvalue weighted by molar-refractivity contribution is 6.32. The maximum absolute atomic E-state index is 12.6. The number of nitrogens with two attached hydrogens (primary N) is 1. The van der Waals surface area contributed by atoms with Gasteiger partial charge in [-0.05, 0) is 12.1 Å². The van der Waals surface area contributed by atoms with Crippen LogP contribution >= 0.6 is 11.6 Å². The number of halogens is 5. The predicted octanol–water partition coefficient (Wildman–Crippen LogP) is 3.08. The zero-order valence-electron chi connectivity index (χ0n) is 6.12. The zero-order valence-corrected chi connectivity index (χ0v) is 6.88. The summed E-state index contributed by atoms with van der Waals surface area (Å²) in [6.45, 7) is 0. The summed E-state index contributed by atoms with van der Waals surface area (Å²) in [5, 5.41) is -0.993.